The molecule has 0 aliphatic heterocycles. The predicted octanol–water partition coefficient (Wildman–Crippen LogP) is 3.31. The molecule has 2 aromatic carbocycles. The fourth-order valence-electron chi connectivity index (χ4n) is 1.78. The molecule has 0 saturated heterocycles. The molecule has 0 saturated carbocycles. The Morgan fingerprint density at radius 2 is 2.00 bits per heavy atom. The van der Waals surface area contributed by atoms with Crippen molar-refractivity contribution >= 4 is 23.6 Å². The van der Waals surface area contributed by atoms with Crippen molar-refractivity contribution in [3.8, 4) is 11.8 Å². The van der Waals surface area contributed by atoms with Gasteiger partial charge in [0.2, 0.25) is 0 Å². The van der Waals surface area contributed by atoms with Crippen LogP contribution in [0.25, 0.3) is 6.08 Å². The largest absolute Gasteiger partial charge is 0.487 e. The number of amides is 1. The van der Waals surface area contributed by atoms with Crippen LogP contribution in [0.3, 0.4) is 0 Å². The molecule has 0 spiro atoms. The third-order valence-electron chi connectivity index (χ3n) is 2.89. The number of carbonyl (C=O) groups excluding carboxylic acids is 1. The second-order valence-corrected chi connectivity index (χ2v) is 4.91. The molecule has 5 heteroatoms. The second-order valence-electron chi connectivity index (χ2n) is 4.50. The van der Waals surface area contributed by atoms with Crippen molar-refractivity contribution in [3.63, 3.8) is 0 Å². The van der Waals surface area contributed by atoms with E-state index in [4.69, 9.17) is 27.3 Å². The van der Waals surface area contributed by atoms with Gasteiger partial charge >= 0.3 is 0 Å². The summed E-state index contributed by atoms with van der Waals surface area (Å²) in [5.74, 6) is -0.247. The van der Waals surface area contributed by atoms with Gasteiger partial charge in [-0.05, 0) is 29.3 Å². The van der Waals surface area contributed by atoms with E-state index in [-0.39, 0.29) is 5.57 Å². The highest BCUT2D eigenvalue weighted by Gasteiger charge is 2.06. The standard InChI is InChI=1S/C17H13ClN2O2/c18-15-9-13(8-14(10-19)17(20)21)6-7-16(15)22-11-12-4-2-1-3-5-12/h1-9H,11H2,(H2,20,21)/b14-8+. The van der Waals surface area contributed by atoms with E-state index in [1.165, 1.54) is 6.08 Å². The Kier molecular flexibility index (Phi) is 5.18. The van der Waals surface area contributed by atoms with Crippen LogP contribution in [0.15, 0.2) is 54.1 Å². The summed E-state index contributed by atoms with van der Waals surface area (Å²) in [6, 6.07) is 16.5. The lowest BCUT2D eigenvalue weighted by atomic mass is 10.1. The monoisotopic (exact) mass is 312 g/mol. The van der Waals surface area contributed by atoms with Gasteiger partial charge in [-0.3, -0.25) is 4.79 Å². The summed E-state index contributed by atoms with van der Waals surface area (Å²) in [4.78, 5) is 11.0. The molecular formula is C17H13ClN2O2. The predicted molar refractivity (Wildman–Crippen MR) is 85.0 cm³/mol. The minimum absolute atomic E-state index is 0.131. The van der Waals surface area contributed by atoms with Crippen LogP contribution < -0.4 is 10.5 Å². The van der Waals surface area contributed by atoms with Gasteiger partial charge < -0.3 is 10.5 Å². The second kappa shape index (κ2) is 7.30. The maximum Gasteiger partial charge on any atom is 0.259 e. The molecule has 0 aromatic heterocycles. The van der Waals surface area contributed by atoms with Gasteiger partial charge in [-0.25, -0.2) is 0 Å². The zero-order valence-corrected chi connectivity index (χ0v) is 12.4. The lowest BCUT2D eigenvalue weighted by Gasteiger charge is -2.08. The third kappa shape index (κ3) is 4.11. The molecule has 2 aromatic rings. The summed E-state index contributed by atoms with van der Waals surface area (Å²) in [6.07, 6.45) is 1.38. The van der Waals surface area contributed by atoms with Crippen LogP contribution in [0, 0.1) is 11.3 Å². The number of carbonyl (C=O) groups is 1. The number of nitrogens with two attached hydrogens (primary N) is 1. The van der Waals surface area contributed by atoms with Crippen LogP contribution in [0.4, 0.5) is 0 Å². The summed E-state index contributed by atoms with van der Waals surface area (Å²) in [5.41, 5.74) is 6.59. The Morgan fingerprint density at radius 1 is 1.27 bits per heavy atom. The average molecular weight is 313 g/mol. The Balaban J connectivity index is 2.13. The van der Waals surface area contributed by atoms with E-state index >= 15 is 0 Å². The van der Waals surface area contributed by atoms with Gasteiger partial charge in [0.1, 0.15) is 24.0 Å². The first-order chi connectivity index (χ1) is 10.6. The van der Waals surface area contributed by atoms with Crippen molar-refractivity contribution in [3.05, 3.63) is 70.3 Å². The molecule has 0 radical (unpaired) electrons. The van der Waals surface area contributed by atoms with Gasteiger partial charge in [-0.1, -0.05) is 48.0 Å². The first-order valence-corrected chi connectivity index (χ1v) is 6.86. The van der Waals surface area contributed by atoms with Crippen molar-refractivity contribution in [2.45, 2.75) is 6.61 Å². The molecule has 4 nitrogen and oxygen atoms in total. The minimum Gasteiger partial charge on any atom is -0.487 e. The maximum absolute atomic E-state index is 11.0. The summed E-state index contributed by atoms with van der Waals surface area (Å²) in [5, 5.41) is 9.21. The number of nitrogens with zero attached hydrogens (tertiary/aromatic N) is 1. The van der Waals surface area contributed by atoms with Crippen LogP contribution >= 0.6 is 11.6 Å². The van der Waals surface area contributed by atoms with E-state index in [2.05, 4.69) is 0 Å². The van der Waals surface area contributed by atoms with Gasteiger partial charge in [0.05, 0.1) is 5.02 Å². The first kappa shape index (κ1) is 15.6. The zero-order chi connectivity index (χ0) is 15.9. The normalized spacial score (nSPS) is 10.8. The summed E-state index contributed by atoms with van der Waals surface area (Å²) < 4.78 is 5.65. The van der Waals surface area contributed by atoms with E-state index in [0.29, 0.717) is 22.9 Å². The molecule has 0 aliphatic rings. The minimum atomic E-state index is -0.775. The van der Waals surface area contributed by atoms with Crippen molar-refractivity contribution in [2.24, 2.45) is 5.73 Å². The molecule has 1 amide bonds. The molecule has 2 N–H and O–H groups in total. The van der Waals surface area contributed by atoms with Gasteiger partial charge in [0.25, 0.3) is 5.91 Å². The molecule has 0 atom stereocenters. The van der Waals surface area contributed by atoms with Crippen molar-refractivity contribution < 1.29 is 9.53 Å². The van der Waals surface area contributed by atoms with E-state index in [1.54, 1.807) is 24.3 Å². The lowest BCUT2D eigenvalue weighted by Crippen LogP contribution is -2.12. The third-order valence-corrected chi connectivity index (χ3v) is 3.19. The fourth-order valence-corrected chi connectivity index (χ4v) is 2.03. The quantitative estimate of drug-likeness (QED) is 0.679. The van der Waals surface area contributed by atoms with E-state index < -0.39 is 5.91 Å². The molecule has 0 heterocycles. The Bertz CT molecular complexity index is 749. The molecule has 22 heavy (non-hydrogen) atoms. The van der Waals surface area contributed by atoms with Crippen LogP contribution in [-0.2, 0) is 11.4 Å². The first-order valence-electron chi connectivity index (χ1n) is 6.48. The van der Waals surface area contributed by atoms with Crippen molar-refractivity contribution in [1.82, 2.24) is 0 Å². The van der Waals surface area contributed by atoms with Gasteiger partial charge in [-0.2, -0.15) is 5.26 Å². The number of rotatable bonds is 5. The number of nitriles is 1. The number of hydrogen-bond donors (Lipinski definition) is 1. The zero-order valence-electron chi connectivity index (χ0n) is 11.6. The van der Waals surface area contributed by atoms with Crippen LogP contribution in [0.1, 0.15) is 11.1 Å². The van der Waals surface area contributed by atoms with Crippen LogP contribution in [0.2, 0.25) is 5.02 Å². The van der Waals surface area contributed by atoms with Crippen molar-refractivity contribution in [2.75, 3.05) is 0 Å². The molecule has 110 valence electrons. The molecular weight excluding hydrogens is 300 g/mol. The Labute approximate surface area is 133 Å². The SMILES string of the molecule is N#C/C(=C\c1ccc(OCc2ccccc2)c(Cl)c1)C(N)=O. The number of halogens is 1. The number of benzene rings is 2. The molecule has 2 rings (SSSR count). The van der Waals surface area contributed by atoms with Gasteiger partial charge in [0.15, 0.2) is 0 Å². The highest BCUT2D eigenvalue weighted by Crippen LogP contribution is 2.27. The Morgan fingerprint density at radius 3 is 2.59 bits per heavy atom. The van der Waals surface area contributed by atoms with Crippen molar-refractivity contribution in [1.29, 1.82) is 5.26 Å². The molecule has 0 unspecified atom stereocenters. The van der Waals surface area contributed by atoms with Gasteiger partial charge in [-0.15, -0.1) is 0 Å². The fraction of sp³-hybridized carbons (Fsp3) is 0.0588. The number of primary amides is 1. The molecule has 0 bridgehead atoms. The smallest absolute Gasteiger partial charge is 0.259 e. The Hall–Kier alpha value is -2.77. The molecule has 0 aliphatic carbocycles. The maximum atomic E-state index is 11.0. The summed E-state index contributed by atoms with van der Waals surface area (Å²) in [7, 11) is 0. The van der Waals surface area contributed by atoms with E-state index in [1.807, 2.05) is 30.3 Å². The van der Waals surface area contributed by atoms with E-state index in [9.17, 15) is 4.79 Å². The summed E-state index contributed by atoms with van der Waals surface area (Å²) >= 11 is 6.15. The molecule has 0 fully saturated rings. The van der Waals surface area contributed by atoms with E-state index in [0.717, 1.165) is 5.56 Å². The summed E-state index contributed by atoms with van der Waals surface area (Å²) in [6.45, 7) is 0.403. The topological polar surface area (TPSA) is 76.1 Å². The van der Waals surface area contributed by atoms with Crippen LogP contribution in [0.5, 0.6) is 5.75 Å². The number of hydrogen-bond acceptors (Lipinski definition) is 3. The average Bonchev–Trinajstić information content (AvgIpc) is 2.52. The highest BCUT2D eigenvalue weighted by molar-refractivity contribution is 6.32. The highest BCUT2D eigenvalue weighted by atomic mass is 35.5. The lowest BCUT2D eigenvalue weighted by molar-refractivity contribution is -0.114. The van der Waals surface area contributed by atoms with Gasteiger partial charge in [0, 0.05) is 0 Å². The van der Waals surface area contributed by atoms with Crippen LogP contribution in [-0.4, -0.2) is 5.91 Å². The number of ether oxygens (including phenoxy) is 1.